The minimum Gasteiger partial charge on any atom is -0.497 e. The number of benzene rings is 3. The lowest BCUT2D eigenvalue weighted by Gasteiger charge is -2.29. The highest BCUT2D eigenvalue weighted by Crippen LogP contribution is 2.45. The third kappa shape index (κ3) is 21.7. The van der Waals surface area contributed by atoms with Crippen LogP contribution in [0.15, 0.2) is 123 Å². The number of halogens is 5. The summed E-state index contributed by atoms with van der Waals surface area (Å²) < 4.78 is 119. The van der Waals surface area contributed by atoms with Gasteiger partial charge in [0, 0.05) is 22.3 Å². The summed E-state index contributed by atoms with van der Waals surface area (Å²) in [5, 5.41) is 55.5. The van der Waals surface area contributed by atoms with Gasteiger partial charge in [-0.3, -0.25) is 87.7 Å². The van der Waals surface area contributed by atoms with Crippen LogP contribution < -0.4 is 53.4 Å². The molecule has 4 fully saturated rings. The molecular formula is C77H95ClF4N20O22P2+2. The van der Waals surface area contributed by atoms with Gasteiger partial charge in [0.25, 0.3) is 22.2 Å². The number of carbonyl (C=O) groups excluding carboxylic acids is 3. The average Bonchev–Trinajstić information content (AvgIpc) is 1.10. The zero-order valence-corrected chi connectivity index (χ0v) is 72.1. The van der Waals surface area contributed by atoms with E-state index in [9.17, 15) is 75.6 Å². The molecule has 0 aliphatic carbocycles. The molecule has 0 radical (unpaired) electrons. The van der Waals surface area contributed by atoms with Gasteiger partial charge >= 0.3 is 16.1 Å². The predicted octanol–water partition coefficient (Wildman–Crippen LogP) is 6.02. The van der Waals surface area contributed by atoms with E-state index >= 15 is 0 Å². The van der Waals surface area contributed by atoms with E-state index < -0.39 is 155 Å². The van der Waals surface area contributed by atoms with Crippen LogP contribution in [-0.2, 0) is 51.9 Å². The number of methoxy groups -OCH3 is 2. The molecule has 1 unspecified atom stereocenters. The van der Waals surface area contributed by atoms with Crippen molar-refractivity contribution < 1.29 is 104 Å². The first kappa shape index (κ1) is 96.8. The Balaban J connectivity index is 0.000000163. The molecule has 15 rings (SSSR count). The van der Waals surface area contributed by atoms with Crippen molar-refractivity contribution >= 4 is 114 Å². The van der Waals surface area contributed by atoms with Gasteiger partial charge in [-0.1, -0.05) is 115 Å². The SMILES string of the molecule is CC(C)C(=O)Nc1nc2c(ncn2[C@@H]2O[C@H](CO)[C@@H](F)[C@H]2O)c(=O)[nH]1.CC[C@H]1O[C@@H](n2cnc3c(=O)[nH]c(NC(=O)C(C)C)nc32)[C@H](O)[C@@H]1F.CC[C@H]1O[C@@H](n2cnc3c(=O)[nH]c(NC(=O)C(C)C)nc32)[C@H](O[P+](=O)O)[C@@H]1F.COc1ccc(C(Cl)(c2ccccc2)c2ccc(OC)cc2)cc1.C[P+](C)=O.Nc1nc2c(ncn2[C@@H]2O[C@H](CO)[C@@H](F)[C@H]2O)c(=O)[nH]1. The summed E-state index contributed by atoms with van der Waals surface area (Å²) in [7, 11) is -0.646. The summed E-state index contributed by atoms with van der Waals surface area (Å²) in [4.78, 5) is 133. The standard InChI is InChI=1S/C21H19ClO2.C15H19FN5O6P.C15H20FN5O4.C14H18FN5O5.C10H12FN5O4.C2H6OP/c1-23-19-12-8-17(9-13-19)21(22,16-6-4-3-5-7-16)18-10-14-20(24-2)15-11-18;1-4-7-8(16)10(27-28(24)25)14(26-7)21-5-17-9-11(21)18-15(20-13(9)23)19-12(22)6(2)3;1-4-7-8(16)10(22)14(25-7)21-5-17-9-11(21)18-15(20-13(9)24)19-12(23)6(2)3;1-5(2)11(23)18-14-17-10-8(12(24)19-14)16-4-20(10)13-9(22)7(15)6(3-21)25-13;11-4-3(1-17)20-9(6(4)18)16-2-13-5-7(16)14-10(12)15-8(5)19;1-4(2)3/h3-15H,1-2H3;5-8,10,14H,4H2,1-3H3,(H2-,18,19,20,22,23,24,25);5-8,10,14,22H,4H2,1-3H3,(H2,18,19,20,23,24);4-7,9,13,21-22H,3H2,1-2H3,(H2,17,18,19,23,24);2-4,6,9,17-18H,1H2,(H3,12,14,15,19);1-2H3/q;;;;;+1/p+1/t;2*7-,8-,10-,14-;6-,7-,9-,13-;3-,4-,6-,9-;/m.1111./s1. The molecule has 126 heavy (non-hydrogen) atoms. The van der Waals surface area contributed by atoms with Crippen LogP contribution in [0.4, 0.5) is 41.4 Å². The van der Waals surface area contributed by atoms with E-state index in [2.05, 4.69) is 75.8 Å². The fourth-order valence-electron chi connectivity index (χ4n) is 13.1. The van der Waals surface area contributed by atoms with Crippen LogP contribution in [0.2, 0.25) is 0 Å². The first-order chi connectivity index (χ1) is 59.8. The molecule has 3 aromatic carbocycles. The Bertz CT molecular complexity index is 5700. The first-order valence-corrected chi connectivity index (χ1v) is 42.7. The number of fused-ring (bicyclic) bond motifs is 4. The number of nitrogens with one attached hydrogen (secondary N) is 7. The van der Waals surface area contributed by atoms with Gasteiger partial charge in [-0.15, -0.1) is 21.0 Å². The van der Waals surface area contributed by atoms with Crippen molar-refractivity contribution in [3.63, 3.8) is 0 Å². The minimum absolute atomic E-state index is 0.00198. The van der Waals surface area contributed by atoms with Crippen LogP contribution in [-0.4, -0.2) is 241 Å². The molecular weight excluding hydrogens is 1730 g/mol. The molecule has 678 valence electrons. The molecule has 0 bridgehead atoms. The lowest BCUT2D eigenvalue weighted by molar-refractivity contribution is -0.119. The molecule has 49 heteroatoms. The number of nitrogen functional groups attached to an aromatic ring is 1. The summed E-state index contributed by atoms with van der Waals surface area (Å²) in [5.41, 5.74) is 6.19. The maximum atomic E-state index is 14.6. The van der Waals surface area contributed by atoms with Crippen molar-refractivity contribution in [2.24, 2.45) is 17.8 Å². The van der Waals surface area contributed by atoms with Gasteiger partial charge < -0.3 is 59.7 Å². The van der Waals surface area contributed by atoms with Gasteiger partial charge in [0.15, 0.2) is 100 Å². The minimum atomic E-state index is -3.09. The molecule has 8 aromatic heterocycles. The van der Waals surface area contributed by atoms with Gasteiger partial charge in [0.05, 0.1) is 65.0 Å². The Kier molecular flexibility index (Phi) is 32.5. The Morgan fingerprint density at radius 1 is 0.500 bits per heavy atom. The van der Waals surface area contributed by atoms with Crippen LogP contribution in [0, 0.1) is 17.8 Å². The number of anilines is 4. The molecule has 3 amide bonds. The highest BCUT2D eigenvalue weighted by molar-refractivity contribution is 7.42. The summed E-state index contributed by atoms with van der Waals surface area (Å²) in [6.07, 6.45) is -15.6. The lowest BCUT2D eigenvalue weighted by Crippen LogP contribution is -2.29. The van der Waals surface area contributed by atoms with Gasteiger partial charge in [0.2, 0.25) is 41.5 Å². The van der Waals surface area contributed by atoms with E-state index in [1.807, 2.05) is 78.9 Å². The van der Waals surface area contributed by atoms with Crippen molar-refractivity contribution in [2.45, 2.75) is 172 Å². The van der Waals surface area contributed by atoms with Gasteiger partial charge in [-0.25, -0.2) is 37.5 Å². The fourth-order valence-corrected chi connectivity index (χ4v) is 13.9. The number of H-pyrrole nitrogens is 4. The largest absolute Gasteiger partial charge is 0.695 e. The number of nitrogens with zero attached hydrogens (tertiary/aromatic N) is 12. The molecule has 42 nitrogen and oxygen atoms in total. The summed E-state index contributed by atoms with van der Waals surface area (Å²) in [6, 6.07) is 25.8. The zero-order valence-electron chi connectivity index (χ0n) is 69.6. The topological polar surface area (TPSA) is 588 Å². The highest BCUT2D eigenvalue weighted by Gasteiger charge is 2.52. The molecule has 4 aliphatic rings. The van der Waals surface area contributed by atoms with Crippen molar-refractivity contribution in [1.82, 2.24) is 78.1 Å². The van der Waals surface area contributed by atoms with E-state index in [0.29, 0.717) is 12.8 Å². The number of aliphatic hydroxyl groups is 5. The van der Waals surface area contributed by atoms with E-state index in [1.54, 1.807) is 82.9 Å². The van der Waals surface area contributed by atoms with Crippen LogP contribution >= 0.6 is 27.7 Å². The molecule has 12 heterocycles. The first-order valence-electron chi connectivity index (χ1n) is 39.0. The number of alkyl halides is 5. The smallest absolute Gasteiger partial charge is 0.497 e. The molecule has 17 atom stereocenters. The second-order valence-corrected chi connectivity index (χ2v) is 32.6. The molecule has 4 aliphatic heterocycles. The van der Waals surface area contributed by atoms with Gasteiger partial charge in [-0.05, 0) is 53.8 Å². The number of imidazole rings is 4. The highest BCUT2D eigenvalue weighted by atomic mass is 35.5. The number of hydrogen-bond acceptors (Lipinski definition) is 30. The number of aliphatic hydroxyl groups excluding tert-OH is 5. The molecule has 11 aromatic rings. The number of rotatable bonds is 21. The van der Waals surface area contributed by atoms with Crippen LogP contribution in [0.1, 0.15) is 110 Å². The van der Waals surface area contributed by atoms with E-state index in [0.717, 1.165) is 28.2 Å². The zero-order chi connectivity index (χ0) is 92.2. The van der Waals surface area contributed by atoms with Crippen molar-refractivity contribution in [1.29, 1.82) is 0 Å². The average molecular weight is 1830 g/mol. The summed E-state index contributed by atoms with van der Waals surface area (Å²) in [5.74, 6) is -0.782. The predicted molar refractivity (Wildman–Crippen MR) is 448 cm³/mol. The quantitative estimate of drug-likeness (QED) is 0.0169. The maximum absolute atomic E-state index is 14.6. The molecule has 15 N–H and O–H groups in total. The second kappa shape index (κ2) is 42.3. The Hall–Kier alpha value is -11.4. The lowest BCUT2D eigenvalue weighted by atomic mass is 9.84. The van der Waals surface area contributed by atoms with Crippen LogP contribution in [0.5, 0.6) is 11.5 Å². The number of aromatic nitrogens is 16. The van der Waals surface area contributed by atoms with Crippen molar-refractivity contribution in [3.05, 3.63) is 162 Å². The van der Waals surface area contributed by atoms with Crippen molar-refractivity contribution in [2.75, 3.05) is 62.4 Å². The molecule has 0 saturated carbocycles. The van der Waals surface area contributed by atoms with Crippen LogP contribution in [0.3, 0.4) is 0 Å². The van der Waals surface area contributed by atoms with Gasteiger partial charge in [-0.2, -0.15) is 19.9 Å². The van der Waals surface area contributed by atoms with Gasteiger partial charge in [0.1, 0.15) is 60.2 Å². The number of amides is 3. The molecule has 0 spiro atoms. The molecule has 4 saturated heterocycles. The van der Waals surface area contributed by atoms with E-state index in [-0.39, 0.29) is 104 Å². The Labute approximate surface area is 718 Å². The fraction of sp³-hybridized carbons (Fsp3) is 0.468. The Morgan fingerprint density at radius 2 is 0.794 bits per heavy atom. The monoisotopic (exact) mass is 1820 g/mol. The summed E-state index contributed by atoms with van der Waals surface area (Å²) in [6.45, 7) is 15.7. The Morgan fingerprint density at radius 3 is 1.10 bits per heavy atom. The maximum Gasteiger partial charge on any atom is 0.695 e. The third-order valence-electron chi connectivity index (χ3n) is 19.8. The van der Waals surface area contributed by atoms with Crippen LogP contribution in [0.25, 0.3) is 44.7 Å². The second-order valence-electron chi connectivity index (χ2n) is 29.7. The number of carbonyl (C=O) groups is 3. The van der Waals surface area contributed by atoms with Crippen molar-refractivity contribution in [3.8, 4) is 11.5 Å². The number of aromatic amines is 4. The third-order valence-corrected chi connectivity index (χ3v) is 20.9. The van der Waals surface area contributed by atoms with E-state index in [1.165, 1.54) is 43.6 Å². The number of nitrogens with two attached hydrogens (primary N) is 1. The number of hydrogen-bond donors (Lipinski definition) is 14. The van der Waals surface area contributed by atoms with E-state index in [4.69, 9.17) is 65.4 Å². The normalized spacial score (nSPS) is 23.3. The summed E-state index contributed by atoms with van der Waals surface area (Å²) >= 11 is 7.22. The number of ether oxygens (including phenoxy) is 6.